The molecule has 4 rings (SSSR count). The fraction of sp³-hybridized carbons (Fsp3) is 0.375. The van der Waals surface area contributed by atoms with E-state index in [2.05, 4.69) is 5.32 Å². The third-order valence-corrected chi connectivity index (χ3v) is 4.97. The molecule has 1 aromatic heterocycles. The molecule has 1 spiro atoms. The predicted molar refractivity (Wildman–Crippen MR) is 82.7 cm³/mol. The van der Waals surface area contributed by atoms with Crippen LogP contribution in [0.2, 0.25) is 0 Å². The van der Waals surface area contributed by atoms with Gasteiger partial charge in [-0.2, -0.15) is 0 Å². The summed E-state index contributed by atoms with van der Waals surface area (Å²) in [5.41, 5.74) is 1.56. The third-order valence-electron chi connectivity index (χ3n) is 4.97. The quantitative estimate of drug-likeness (QED) is 0.855. The molecule has 2 aliphatic heterocycles. The summed E-state index contributed by atoms with van der Waals surface area (Å²) in [7, 11) is 3.74. The van der Waals surface area contributed by atoms with Gasteiger partial charge in [0.2, 0.25) is 0 Å². The highest BCUT2D eigenvalue weighted by Crippen LogP contribution is 2.32. The average Bonchev–Trinajstić information content (AvgIpc) is 2.97. The number of urea groups is 1. The number of nitrogens with zero attached hydrogens (tertiary/aromatic N) is 3. The first kappa shape index (κ1) is 13.2. The van der Waals surface area contributed by atoms with Gasteiger partial charge < -0.3 is 19.7 Å². The molecule has 3 amide bonds. The van der Waals surface area contributed by atoms with E-state index < -0.39 is 0 Å². The molecule has 6 heteroatoms. The van der Waals surface area contributed by atoms with Crippen molar-refractivity contribution in [3.63, 3.8) is 0 Å². The lowest BCUT2D eigenvalue weighted by atomic mass is 9.89. The normalized spacial score (nSPS) is 19.6. The number of aryl methyl sites for hydroxylation is 1. The molecular weight excluding hydrogens is 280 g/mol. The number of benzene rings is 1. The second-order valence-electron chi connectivity index (χ2n) is 6.27. The highest BCUT2D eigenvalue weighted by Gasteiger charge is 2.53. The summed E-state index contributed by atoms with van der Waals surface area (Å²) in [5, 5.41) is 3.82. The Morgan fingerprint density at radius 1 is 1.23 bits per heavy atom. The largest absolute Gasteiger partial charge is 0.350 e. The molecule has 0 unspecified atom stereocenters. The van der Waals surface area contributed by atoms with Gasteiger partial charge in [-0.1, -0.05) is 18.2 Å². The second kappa shape index (κ2) is 4.25. The van der Waals surface area contributed by atoms with Crippen LogP contribution in [0.25, 0.3) is 10.9 Å². The third kappa shape index (κ3) is 1.60. The monoisotopic (exact) mass is 298 g/mol. The molecule has 0 saturated carbocycles. The number of carbonyl (C=O) groups is 2. The minimum atomic E-state index is -0.225. The van der Waals surface area contributed by atoms with Gasteiger partial charge in [-0.25, -0.2) is 4.79 Å². The van der Waals surface area contributed by atoms with Crippen molar-refractivity contribution in [2.45, 2.75) is 5.54 Å². The topological polar surface area (TPSA) is 57.6 Å². The number of nitrogens with one attached hydrogen (secondary N) is 1. The van der Waals surface area contributed by atoms with E-state index in [1.165, 1.54) is 0 Å². The molecule has 2 aliphatic rings. The number of rotatable bonds is 1. The molecule has 114 valence electrons. The van der Waals surface area contributed by atoms with Crippen LogP contribution >= 0.6 is 0 Å². The first-order chi connectivity index (χ1) is 10.5. The van der Waals surface area contributed by atoms with Crippen molar-refractivity contribution < 1.29 is 9.59 Å². The minimum absolute atomic E-state index is 0.0372. The fourth-order valence-electron chi connectivity index (χ4n) is 3.51. The lowest BCUT2D eigenvalue weighted by molar-refractivity contribution is 0.00790. The van der Waals surface area contributed by atoms with Gasteiger partial charge in [0.15, 0.2) is 0 Å². The number of aromatic nitrogens is 1. The molecule has 6 nitrogen and oxygen atoms in total. The van der Waals surface area contributed by atoms with Gasteiger partial charge in [-0.15, -0.1) is 0 Å². The number of likely N-dealkylation sites (tertiary alicyclic amines) is 1. The summed E-state index contributed by atoms with van der Waals surface area (Å²) < 4.78 is 1.98. The smallest absolute Gasteiger partial charge is 0.317 e. The van der Waals surface area contributed by atoms with Crippen LogP contribution < -0.4 is 5.32 Å². The molecule has 2 aromatic rings. The zero-order chi connectivity index (χ0) is 15.5. The Kier molecular flexibility index (Phi) is 2.55. The van der Waals surface area contributed by atoms with Crippen molar-refractivity contribution in [2.75, 3.05) is 26.7 Å². The number of carbonyl (C=O) groups excluding carboxylic acids is 2. The summed E-state index contributed by atoms with van der Waals surface area (Å²) in [5.74, 6) is 0.0372. The van der Waals surface area contributed by atoms with Gasteiger partial charge in [-0.3, -0.25) is 4.79 Å². The molecule has 22 heavy (non-hydrogen) atoms. The van der Waals surface area contributed by atoms with Crippen LogP contribution in [0.1, 0.15) is 10.4 Å². The molecule has 2 saturated heterocycles. The van der Waals surface area contributed by atoms with E-state index in [0.29, 0.717) is 19.6 Å². The zero-order valence-corrected chi connectivity index (χ0v) is 12.7. The molecule has 1 aromatic carbocycles. The van der Waals surface area contributed by atoms with Gasteiger partial charge in [0.1, 0.15) is 0 Å². The van der Waals surface area contributed by atoms with Crippen LogP contribution in [0.15, 0.2) is 30.5 Å². The van der Waals surface area contributed by atoms with Crippen molar-refractivity contribution in [1.82, 2.24) is 19.7 Å². The van der Waals surface area contributed by atoms with Gasteiger partial charge >= 0.3 is 6.03 Å². The molecule has 0 bridgehead atoms. The first-order valence-electron chi connectivity index (χ1n) is 7.37. The van der Waals surface area contributed by atoms with Crippen molar-refractivity contribution in [1.29, 1.82) is 0 Å². The molecule has 2 fully saturated rings. The highest BCUT2D eigenvalue weighted by molar-refractivity contribution is 6.07. The Hall–Kier alpha value is -2.50. The standard InChI is InChI=1S/C16H18N4O2/c1-18-7-12(11-5-3-4-6-13(11)18)14(21)20-9-16(10-20)8-17-15(22)19(16)2/h3-7H,8-10H2,1-2H3,(H,17,22). The van der Waals surface area contributed by atoms with Crippen molar-refractivity contribution >= 4 is 22.8 Å². The van der Waals surface area contributed by atoms with Crippen molar-refractivity contribution in [2.24, 2.45) is 7.05 Å². The lowest BCUT2D eigenvalue weighted by Gasteiger charge is -2.50. The van der Waals surface area contributed by atoms with Gasteiger partial charge in [0, 0.05) is 50.8 Å². The lowest BCUT2D eigenvalue weighted by Crippen LogP contribution is -2.70. The van der Waals surface area contributed by atoms with Gasteiger partial charge in [0.25, 0.3) is 5.91 Å². The Labute approximate surface area is 128 Å². The average molecular weight is 298 g/mol. The van der Waals surface area contributed by atoms with Crippen LogP contribution in [0.5, 0.6) is 0 Å². The summed E-state index contributed by atoms with van der Waals surface area (Å²) in [6.07, 6.45) is 1.89. The van der Waals surface area contributed by atoms with E-state index in [9.17, 15) is 9.59 Å². The number of hydrogen-bond acceptors (Lipinski definition) is 2. The second-order valence-corrected chi connectivity index (χ2v) is 6.27. The molecule has 0 aliphatic carbocycles. The summed E-state index contributed by atoms with van der Waals surface area (Å²) >= 11 is 0. The summed E-state index contributed by atoms with van der Waals surface area (Å²) in [4.78, 5) is 27.9. The Bertz CT molecular complexity index is 789. The number of hydrogen-bond donors (Lipinski definition) is 1. The van der Waals surface area contributed by atoms with Crippen LogP contribution in [0, 0.1) is 0 Å². The van der Waals surface area contributed by atoms with Gasteiger partial charge in [0.05, 0.1) is 11.1 Å². The maximum atomic E-state index is 12.8. The Balaban J connectivity index is 1.60. The van der Waals surface area contributed by atoms with Crippen LogP contribution in [0.3, 0.4) is 0 Å². The summed E-state index contributed by atoms with van der Waals surface area (Å²) in [6, 6.07) is 7.85. The van der Waals surface area contributed by atoms with Crippen LogP contribution in [-0.2, 0) is 7.05 Å². The number of likely N-dealkylation sites (N-methyl/N-ethyl adjacent to an activating group) is 1. The first-order valence-corrected chi connectivity index (χ1v) is 7.37. The molecule has 1 N–H and O–H groups in total. The van der Waals surface area contributed by atoms with Gasteiger partial charge in [-0.05, 0) is 6.07 Å². The summed E-state index contributed by atoms with van der Waals surface area (Å²) in [6.45, 7) is 1.79. The molecule has 3 heterocycles. The van der Waals surface area contributed by atoms with E-state index in [-0.39, 0.29) is 17.5 Å². The van der Waals surface area contributed by atoms with E-state index >= 15 is 0 Å². The SMILES string of the molecule is CN1C(=O)NCC12CN(C(=O)c1cn(C)c3ccccc13)C2. The van der Waals surface area contributed by atoms with E-state index in [4.69, 9.17) is 0 Å². The fourth-order valence-corrected chi connectivity index (χ4v) is 3.51. The van der Waals surface area contributed by atoms with Crippen molar-refractivity contribution in [3.05, 3.63) is 36.0 Å². The van der Waals surface area contributed by atoms with Crippen LogP contribution in [0.4, 0.5) is 4.79 Å². The van der Waals surface area contributed by atoms with E-state index in [1.807, 2.05) is 47.0 Å². The minimum Gasteiger partial charge on any atom is -0.350 e. The highest BCUT2D eigenvalue weighted by atomic mass is 16.2. The zero-order valence-electron chi connectivity index (χ0n) is 12.7. The number of fused-ring (bicyclic) bond motifs is 1. The molecular formula is C16H18N4O2. The predicted octanol–water partition coefficient (Wildman–Crippen LogP) is 1.03. The Morgan fingerprint density at radius 3 is 2.64 bits per heavy atom. The van der Waals surface area contributed by atoms with Crippen molar-refractivity contribution in [3.8, 4) is 0 Å². The van der Waals surface area contributed by atoms with E-state index in [1.54, 1.807) is 11.9 Å². The van der Waals surface area contributed by atoms with Crippen LogP contribution in [-0.4, -0.2) is 58.5 Å². The molecule has 0 atom stereocenters. The maximum Gasteiger partial charge on any atom is 0.317 e. The maximum absolute atomic E-state index is 12.8. The Morgan fingerprint density at radius 2 is 1.95 bits per heavy atom. The number of amides is 3. The van der Waals surface area contributed by atoms with E-state index in [0.717, 1.165) is 16.5 Å². The molecule has 0 radical (unpaired) electrons. The number of para-hydroxylation sites is 1.